The van der Waals surface area contributed by atoms with E-state index in [-0.39, 0.29) is 16.0 Å². The Hall–Kier alpha value is -2.06. The second-order valence-corrected chi connectivity index (χ2v) is 4.97. The molecule has 0 aliphatic rings. The lowest BCUT2D eigenvalue weighted by molar-refractivity contribution is -0.274. The number of hydrogen-bond donors (Lipinski definition) is 2. The number of benzene rings is 1. The Bertz CT molecular complexity index is 634. The average molecular weight is 318 g/mol. The molecule has 0 radical (unpaired) electrons. The fourth-order valence-electron chi connectivity index (χ4n) is 1.71. The summed E-state index contributed by atoms with van der Waals surface area (Å²) < 4.78 is 39.8. The van der Waals surface area contributed by atoms with Crippen molar-refractivity contribution in [2.45, 2.75) is 12.5 Å². The Morgan fingerprint density at radius 2 is 1.81 bits per heavy atom. The van der Waals surface area contributed by atoms with Crippen LogP contribution >= 0.6 is 11.3 Å². The van der Waals surface area contributed by atoms with Crippen molar-refractivity contribution >= 4 is 17.3 Å². The lowest BCUT2D eigenvalue weighted by Crippen LogP contribution is -2.17. The van der Waals surface area contributed by atoms with Crippen molar-refractivity contribution in [3.63, 3.8) is 0 Å². The highest BCUT2D eigenvalue weighted by atomic mass is 32.1. The number of rotatable bonds is 4. The monoisotopic (exact) mass is 318 g/mol. The third kappa shape index (κ3) is 3.73. The molecular weight excluding hydrogens is 309 g/mol. The van der Waals surface area contributed by atoms with Crippen LogP contribution in [0.5, 0.6) is 5.75 Å². The van der Waals surface area contributed by atoms with Crippen molar-refractivity contribution in [2.75, 3.05) is 0 Å². The summed E-state index contributed by atoms with van der Waals surface area (Å²) in [7, 11) is 0. The molecule has 0 aliphatic carbocycles. The van der Waals surface area contributed by atoms with Gasteiger partial charge in [-0.15, -0.1) is 24.5 Å². The highest BCUT2D eigenvalue weighted by Crippen LogP contribution is 2.31. The van der Waals surface area contributed by atoms with Gasteiger partial charge in [-0.2, -0.15) is 0 Å². The number of carboxylic acid groups (broad SMARTS) is 1. The normalized spacial score (nSPS) is 13.0. The average Bonchev–Trinajstić information content (AvgIpc) is 2.86. The molecule has 0 bridgehead atoms. The van der Waals surface area contributed by atoms with Crippen molar-refractivity contribution in [3.8, 4) is 5.75 Å². The summed E-state index contributed by atoms with van der Waals surface area (Å²) in [4.78, 5) is 11.2. The maximum absolute atomic E-state index is 12.0. The quantitative estimate of drug-likeness (QED) is 0.906. The molecule has 1 aromatic carbocycles. The maximum atomic E-state index is 12.0. The second kappa shape index (κ2) is 5.74. The molecule has 8 heteroatoms. The van der Waals surface area contributed by atoms with E-state index in [2.05, 4.69) is 4.74 Å². The van der Waals surface area contributed by atoms with Crippen molar-refractivity contribution in [1.29, 1.82) is 0 Å². The summed E-state index contributed by atoms with van der Waals surface area (Å²) >= 11 is 1.05. The molecule has 0 amide bonds. The molecule has 1 heterocycles. The van der Waals surface area contributed by atoms with E-state index >= 15 is 0 Å². The number of aliphatic hydroxyl groups excluding tert-OH is 1. The van der Waals surface area contributed by atoms with Gasteiger partial charge in [0, 0.05) is 0 Å². The number of carboxylic acids is 1. The Morgan fingerprint density at radius 3 is 2.33 bits per heavy atom. The fraction of sp³-hybridized carbons (Fsp3) is 0.154. The molecule has 2 aromatic rings. The lowest BCUT2D eigenvalue weighted by Gasteiger charge is -2.12. The zero-order valence-corrected chi connectivity index (χ0v) is 11.1. The highest BCUT2D eigenvalue weighted by molar-refractivity contribution is 7.10. The number of alkyl halides is 3. The van der Waals surface area contributed by atoms with E-state index in [9.17, 15) is 23.1 Å². The van der Waals surface area contributed by atoms with Gasteiger partial charge in [0.25, 0.3) is 0 Å². The standard InChI is InChI=1S/C13H9F3O4S/c14-13(15,16)20-8-3-1-7(2-4-8)10(17)11-9(12(18)19)5-6-21-11/h1-6,10,17H,(H,18,19). The highest BCUT2D eigenvalue weighted by Gasteiger charge is 2.31. The van der Waals surface area contributed by atoms with Crippen LogP contribution in [-0.4, -0.2) is 22.5 Å². The number of aromatic carboxylic acids is 1. The van der Waals surface area contributed by atoms with Gasteiger partial charge in [-0.1, -0.05) is 12.1 Å². The molecule has 0 spiro atoms. The number of thiophene rings is 1. The number of carbonyl (C=O) groups is 1. The van der Waals surface area contributed by atoms with E-state index < -0.39 is 24.2 Å². The van der Waals surface area contributed by atoms with Gasteiger partial charge < -0.3 is 14.9 Å². The van der Waals surface area contributed by atoms with Crippen molar-refractivity contribution in [1.82, 2.24) is 0 Å². The smallest absolute Gasteiger partial charge is 0.478 e. The molecule has 112 valence electrons. The molecule has 0 aliphatic heterocycles. The Labute approximate surface area is 121 Å². The molecule has 1 aromatic heterocycles. The van der Waals surface area contributed by atoms with E-state index in [4.69, 9.17) is 5.11 Å². The Balaban J connectivity index is 2.22. The molecule has 2 N–H and O–H groups in total. The van der Waals surface area contributed by atoms with Crippen molar-refractivity contribution < 1.29 is 32.9 Å². The number of hydrogen-bond acceptors (Lipinski definition) is 4. The van der Waals surface area contributed by atoms with E-state index in [1.807, 2.05) is 0 Å². The Morgan fingerprint density at radius 1 is 1.19 bits per heavy atom. The first-order valence-electron chi connectivity index (χ1n) is 5.62. The molecule has 4 nitrogen and oxygen atoms in total. The Kier molecular flexibility index (Phi) is 4.19. The van der Waals surface area contributed by atoms with Gasteiger partial charge in [0.1, 0.15) is 11.9 Å². The van der Waals surface area contributed by atoms with Crippen LogP contribution in [0.1, 0.15) is 26.9 Å². The predicted molar refractivity (Wildman–Crippen MR) is 68.5 cm³/mol. The van der Waals surface area contributed by atoms with Crippen LogP contribution < -0.4 is 4.74 Å². The van der Waals surface area contributed by atoms with E-state index in [1.165, 1.54) is 23.6 Å². The van der Waals surface area contributed by atoms with Gasteiger partial charge in [0.15, 0.2) is 0 Å². The zero-order valence-electron chi connectivity index (χ0n) is 10.3. The minimum atomic E-state index is -4.79. The first-order valence-corrected chi connectivity index (χ1v) is 6.50. The van der Waals surface area contributed by atoms with Gasteiger partial charge >= 0.3 is 12.3 Å². The SMILES string of the molecule is O=C(O)c1ccsc1C(O)c1ccc(OC(F)(F)F)cc1. The van der Waals surface area contributed by atoms with Crippen LogP contribution in [0.2, 0.25) is 0 Å². The van der Waals surface area contributed by atoms with Gasteiger partial charge in [-0.3, -0.25) is 0 Å². The molecule has 2 rings (SSSR count). The molecule has 0 saturated carbocycles. The number of ether oxygens (including phenoxy) is 1. The molecule has 1 unspecified atom stereocenters. The molecule has 0 saturated heterocycles. The first kappa shape index (κ1) is 15.3. The number of halogens is 3. The van der Waals surface area contributed by atoms with Crippen LogP contribution in [-0.2, 0) is 0 Å². The third-order valence-corrected chi connectivity index (χ3v) is 3.57. The van der Waals surface area contributed by atoms with Gasteiger partial charge in [-0.05, 0) is 29.1 Å². The van der Waals surface area contributed by atoms with Gasteiger partial charge in [0.05, 0.1) is 10.4 Å². The summed E-state index contributed by atoms with van der Waals surface area (Å²) in [6.45, 7) is 0. The van der Waals surface area contributed by atoms with Crippen LogP contribution in [0, 0.1) is 0 Å². The van der Waals surface area contributed by atoms with Crippen molar-refractivity contribution in [2.24, 2.45) is 0 Å². The van der Waals surface area contributed by atoms with Crippen LogP contribution in [0.15, 0.2) is 35.7 Å². The summed E-state index contributed by atoms with van der Waals surface area (Å²) in [5.41, 5.74) is 0.234. The lowest BCUT2D eigenvalue weighted by atomic mass is 10.1. The summed E-state index contributed by atoms with van der Waals surface area (Å²) in [6.07, 6.45) is -6.01. The van der Waals surface area contributed by atoms with Gasteiger partial charge in [0.2, 0.25) is 0 Å². The summed E-state index contributed by atoms with van der Waals surface area (Å²) in [5.74, 6) is -1.59. The van der Waals surface area contributed by atoms with Crippen molar-refractivity contribution in [3.05, 3.63) is 51.7 Å². The van der Waals surface area contributed by atoms with E-state index in [0.29, 0.717) is 0 Å². The fourth-order valence-corrected chi connectivity index (χ4v) is 2.61. The first-order chi connectivity index (χ1) is 9.78. The predicted octanol–water partition coefficient (Wildman–Crippen LogP) is 3.43. The summed E-state index contributed by atoms with van der Waals surface area (Å²) in [5, 5.41) is 20.6. The largest absolute Gasteiger partial charge is 0.573 e. The topological polar surface area (TPSA) is 66.8 Å². The van der Waals surface area contributed by atoms with Crippen LogP contribution in [0.25, 0.3) is 0 Å². The number of aliphatic hydroxyl groups is 1. The van der Waals surface area contributed by atoms with E-state index in [1.54, 1.807) is 0 Å². The minimum absolute atomic E-state index is 0.0388. The summed E-state index contributed by atoms with van der Waals surface area (Å²) in [6, 6.07) is 5.96. The van der Waals surface area contributed by atoms with Crippen LogP contribution in [0.4, 0.5) is 13.2 Å². The second-order valence-electron chi connectivity index (χ2n) is 4.02. The molecule has 0 fully saturated rings. The van der Waals surface area contributed by atoms with Gasteiger partial charge in [-0.25, -0.2) is 4.79 Å². The van der Waals surface area contributed by atoms with E-state index in [0.717, 1.165) is 23.5 Å². The minimum Gasteiger partial charge on any atom is -0.478 e. The molecular formula is C13H9F3O4S. The molecule has 1 atom stereocenters. The zero-order chi connectivity index (χ0) is 15.6. The molecule has 21 heavy (non-hydrogen) atoms. The third-order valence-electron chi connectivity index (χ3n) is 2.60. The van der Waals surface area contributed by atoms with Crippen LogP contribution in [0.3, 0.4) is 0 Å². The maximum Gasteiger partial charge on any atom is 0.573 e.